The molecule has 0 unspecified atom stereocenters. The van der Waals surface area contributed by atoms with Gasteiger partial charge in [-0.1, -0.05) is 56.0 Å². The van der Waals surface area contributed by atoms with Crippen molar-refractivity contribution in [3.05, 3.63) is 30.3 Å². The molecule has 0 atom stereocenters. The van der Waals surface area contributed by atoms with Crippen LogP contribution in [0.25, 0.3) is 11.4 Å². The van der Waals surface area contributed by atoms with E-state index < -0.39 is 0 Å². The highest BCUT2D eigenvalue weighted by molar-refractivity contribution is 5.75. The normalized spacial score (nSPS) is 15.7. The van der Waals surface area contributed by atoms with Crippen LogP contribution in [0.1, 0.15) is 38.5 Å². The molecule has 7 heteroatoms. The van der Waals surface area contributed by atoms with Crippen LogP contribution in [0.15, 0.2) is 30.3 Å². The van der Waals surface area contributed by atoms with Crippen molar-refractivity contribution in [1.82, 2.24) is 30.8 Å². The van der Waals surface area contributed by atoms with Crippen LogP contribution < -0.4 is 10.6 Å². The van der Waals surface area contributed by atoms with Crippen LogP contribution in [-0.2, 0) is 11.3 Å². The number of carbonyl (C=O) groups is 1. The van der Waals surface area contributed by atoms with Gasteiger partial charge in [0.2, 0.25) is 11.7 Å². The summed E-state index contributed by atoms with van der Waals surface area (Å²) in [7, 11) is 0. The van der Waals surface area contributed by atoms with Crippen LogP contribution in [0.2, 0.25) is 0 Å². The molecule has 1 aromatic carbocycles. The summed E-state index contributed by atoms with van der Waals surface area (Å²) in [5.41, 5.74) is 0.891. The number of nitrogens with one attached hydrogen (secondary N) is 2. The van der Waals surface area contributed by atoms with Crippen LogP contribution in [0.3, 0.4) is 0 Å². The molecule has 0 aliphatic heterocycles. The lowest BCUT2D eigenvalue weighted by molar-refractivity contribution is -0.122. The molecular formula is C18H26N6O. The molecule has 2 N–H and O–H groups in total. The Hall–Kier alpha value is -2.28. The molecule has 1 saturated carbocycles. The van der Waals surface area contributed by atoms with Crippen molar-refractivity contribution in [2.24, 2.45) is 0 Å². The maximum atomic E-state index is 12.0. The van der Waals surface area contributed by atoms with Crippen molar-refractivity contribution in [3.8, 4) is 11.4 Å². The number of aromatic nitrogens is 4. The third-order valence-corrected chi connectivity index (χ3v) is 4.51. The molecule has 3 rings (SSSR count). The Morgan fingerprint density at radius 2 is 1.84 bits per heavy atom. The molecule has 0 spiro atoms. The third kappa shape index (κ3) is 5.63. The highest BCUT2D eigenvalue weighted by atomic mass is 16.2. The topological polar surface area (TPSA) is 84.7 Å². The first-order valence-corrected chi connectivity index (χ1v) is 9.14. The van der Waals surface area contributed by atoms with Crippen LogP contribution in [0.5, 0.6) is 0 Å². The summed E-state index contributed by atoms with van der Waals surface area (Å²) in [6.07, 6.45) is 7.82. The van der Waals surface area contributed by atoms with E-state index in [0.29, 0.717) is 18.4 Å². The van der Waals surface area contributed by atoms with E-state index in [1.807, 2.05) is 30.3 Å². The average molecular weight is 342 g/mol. The summed E-state index contributed by atoms with van der Waals surface area (Å²) in [5, 5.41) is 18.6. The monoisotopic (exact) mass is 342 g/mol. The maximum absolute atomic E-state index is 12.0. The number of nitrogens with zero attached hydrogens (tertiary/aromatic N) is 4. The average Bonchev–Trinajstić information content (AvgIpc) is 2.94. The van der Waals surface area contributed by atoms with Gasteiger partial charge in [-0.25, -0.2) is 0 Å². The lowest BCUT2D eigenvalue weighted by atomic mass is 10.1. The number of tetrazole rings is 1. The molecule has 2 aromatic rings. The zero-order valence-electron chi connectivity index (χ0n) is 14.5. The molecule has 134 valence electrons. The number of benzene rings is 1. The number of rotatable bonds is 7. The molecule has 0 saturated heterocycles. The standard InChI is InChI=1S/C18H26N6O/c25-17(20-13-12-19-16-10-6-1-2-7-11-16)14-24-22-18(21-23-24)15-8-4-3-5-9-15/h3-5,8-9,16,19H,1-2,6-7,10-14H2,(H,20,25). The van der Waals surface area contributed by atoms with Crippen LogP contribution >= 0.6 is 0 Å². The number of amides is 1. The summed E-state index contributed by atoms with van der Waals surface area (Å²) >= 11 is 0. The Balaban J connectivity index is 1.37. The molecule has 0 bridgehead atoms. The fourth-order valence-corrected chi connectivity index (χ4v) is 3.16. The van der Waals surface area contributed by atoms with E-state index in [9.17, 15) is 4.79 Å². The fourth-order valence-electron chi connectivity index (χ4n) is 3.16. The highest BCUT2D eigenvalue weighted by Crippen LogP contribution is 2.16. The van der Waals surface area contributed by atoms with Gasteiger partial charge in [-0.2, -0.15) is 4.80 Å². The van der Waals surface area contributed by atoms with Gasteiger partial charge in [0, 0.05) is 24.7 Å². The largest absolute Gasteiger partial charge is 0.353 e. The van der Waals surface area contributed by atoms with Crippen LogP contribution in [0.4, 0.5) is 0 Å². The predicted octanol–water partition coefficient (Wildman–Crippen LogP) is 1.77. The molecule has 1 fully saturated rings. The summed E-state index contributed by atoms with van der Waals surface area (Å²) < 4.78 is 0. The Labute approximate surface area is 148 Å². The van der Waals surface area contributed by atoms with E-state index in [1.54, 1.807) is 0 Å². The highest BCUT2D eigenvalue weighted by Gasteiger charge is 2.12. The van der Waals surface area contributed by atoms with Gasteiger partial charge in [0.05, 0.1) is 0 Å². The van der Waals surface area contributed by atoms with Gasteiger partial charge in [-0.15, -0.1) is 10.2 Å². The minimum atomic E-state index is -0.0975. The molecule has 1 heterocycles. The maximum Gasteiger partial charge on any atom is 0.243 e. The fraction of sp³-hybridized carbons (Fsp3) is 0.556. The van der Waals surface area contributed by atoms with E-state index in [0.717, 1.165) is 12.1 Å². The minimum absolute atomic E-state index is 0.0866. The van der Waals surface area contributed by atoms with E-state index in [4.69, 9.17) is 0 Å². The second-order valence-corrected chi connectivity index (χ2v) is 6.50. The second-order valence-electron chi connectivity index (χ2n) is 6.50. The second kappa shape index (κ2) is 9.27. The Bertz CT molecular complexity index is 649. The molecule has 1 amide bonds. The van der Waals surface area contributed by atoms with Crippen molar-refractivity contribution >= 4 is 5.91 Å². The lowest BCUT2D eigenvalue weighted by Gasteiger charge is -2.16. The van der Waals surface area contributed by atoms with E-state index in [-0.39, 0.29) is 12.5 Å². The Morgan fingerprint density at radius 3 is 2.60 bits per heavy atom. The first kappa shape index (κ1) is 17.5. The van der Waals surface area contributed by atoms with Gasteiger partial charge in [-0.3, -0.25) is 4.79 Å². The lowest BCUT2D eigenvalue weighted by Crippen LogP contribution is -2.38. The number of hydrogen-bond donors (Lipinski definition) is 2. The smallest absolute Gasteiger partial charge is 0.243 e. The van der Waals surface area contributed by atoms with Crippen molar-refractivity contribution in [2.75, 3.05) is 13.1 Å². The quantitative estimate of drug-likeness (QED) is 0.592. The van der Waals surface area contributed by atoms with Gasteiger partial charge in [-0.05, 0) is 18.1 Å². The van der Waals surface area contributed by atoms with E-state index in [2.05, 4.69) is 26.0 Å². The Morgan fingerprint density at radius 1 is 1.08 bits per heavy atom. The molecule has 0 radical (unpaired) electrons. The van der Waals surface area contributed by atoms with Gasteiger partial charge in [0.15, 0.2) is 0 Å². The first-order valence-electron chi connectivity index (χ1n) is 9.14. The van der Waals surface area contributed by atoms with Crippen molar-refractivity contribution < 1.29 is 4.79 Å². The Kier molecular flexibility index (Phi) is 6.50. The zero-order chi connectivity index (χ0) is 17.3. The summed E-state index contributed by atoms with van der Waals surface area (Å²) in [6, 6.07) is 10.2. The number of hydrogen-bond acceptors (Lipinski definition) is 5. The van der Waals surface area contributed by atoms with E-state index in [1.165, 1.54) is 43.3 Å². The minimum Gasteiger partial charge on any atom is -0.353 e. The molecule has 1 aliphatic rings. The first-order chi connectivity index (χ1) is 12.3. The summed E-state index contributed by atoms with van der Waals surface area (Å²) in [4.78, 5) is 13.3. The molecule has 1 aliphatic carbocycles. The van der Waals surface area contributed by atoms with Gasteiger partial charge in [0.25, 0.3) is 0 Å². The molecular weight excluding hydrogens is 316 g/mol. The van der Waals surface area contributed by atoms with Gasteiger partial charge >= 0.3 is 0 Å². The van der Waals surface area contributed by atoms with Crippen LogP contribution in [0, 0.1) is 0 Å². The summed E-state index contributed by atoms with van der Waals surface area (Å²) in [5.74, 6) is 0.433. The molecule has 1 aromatic heterocycles. The van der Waals surface area contributed by atoms with E-state index >= 15 is 0 Å². The van der Waals surface area contributed by atoms with Crippen molar-refractivity contribution in [3.63, 3.8) is 0 Å². The van der Waals surface area contributed by atoms with Crippen molar-refractivity contribution in [2.45, 2.75) is 51.1 Å². The van der Waals surface area contributed by atoms with Gasteiger partial charge < -0.3 is 10.6 Å². The molecule has 7 nitrogen and oxygen atoms in total. The zero-order valence-corrected chi connectivity index (χ0v) is 14.5. The molecule has 25 heavy (non-hydrogen) atoms. The predicted molar refractivity (Wildman–Crippen MR) is 95.8 cm³/mol. The van der Waals surface area contributed by atoms with Gasteiger partial charge in [0.1, 0.15) is 6.54 Å². The van der Waals surface area contributed by atoms with Crippen LogP contribution in [-0.4, -0.2) is 45.2 Å². The SMILES string of the molecule is O=C(Cn1nnc(-c2ccccc2)n1)NCCNC1CCCCCC1. The number of carbonyl (C=O) groups excluding carboxylic acids is 1. The summed E-state index contributed by atoms with van der Waals surface area (Å²) in [6.45, 7) is 1.51. The van der Waals surface area contributed by atoms with Crippen molar-refractivity contribution in [1.29, 1.82) is 0 Å². The third-order valence-electron chi connectivity index (χ3n) is 4.51.